The van der Waals surface area contributed by atoms with Crippen molar-refractivity contribution in [1.82, 2.24) is 4.90 Å². The van der Waals surface area contributed by atoms with Crippen molar-refractivity contribution in [2.24, 2.45) is 0 Å². The lowest BCUT2D eigenvalue weighted by atomic mass is 10.4. The molecule has 2 amide bonds. The minimum absolute atomic E-state index is 0.148. The minimum Gasteiger partial charge on any atom is -0.269 e. The van der Waals surface area contributed by atoms with Gasteiger partial charge in [-0.1, -0.05) is 6.58 Å². The number of nitrogens with zero attached hydrogens (tertiary/aromatic N) is 2. The molecule has 1 aliphatic rings. The molecule has 1 heterocycles. The van der Waals surface area contributed by atoms with E-state index in [-0.39, 0.29) is 5.70 Å². The largest absolute Gasteiger partial charge is 0.269 e. The van der Waals surface area contributed by atoms with Crippen LogP contribution in [-0.4, -0.2) is 16.7 Å². The molecule has 0 saturated carbocycles. The lowest BCUT2D eigenvalue weighted by Gasteiger charge is -2.08. The van der Waals surface area contributed by atoms with Crippen LogP contribution in [0.1, 0.15) is 0 Å². The van der Waals surface area contributed by atoms with Gasteiger partial charge in [0.05, 0.1) is 0 Å². The Kier molecular flexibility index (Phi) is 1.57. The molecule has 0 spiro atoms. The van der Waals surface area contributed by atoms with Crippen LogP contribution in [0, 0.1) is 11.3 Å². The van der Waals surface area contributed by atoms with Crippen molar-refractivity contribution >= 4 is 11.8 Å². The molecule has 1 rings (SSSR count). The Hall–Kier alpha value is -1.89. The van der Waals surface area contributed by atoms with E-state index in [0.29, 0.717) is 0 Å². The summed E-state index contributed by atoms with van der Waals surface area (Å²) < 4.78 is 0. The summed E-state index contributed by atoms with van der Waals surface area (Å²) in [6.45, 7) is 3.24. The Morgan fingerprint density at radius 3 is 2.27 bits per heavy atom. The van der Waals surface area contributed by atoms with Crippen molar-refractivity contribution in [3.8, 4) is 6.07 Å². The van der Waals surface area contributed by atoms with Gasteiger partial charge in [-0.25, -0.2) is 4.90 Å². The van der Waals surface area contributed by atoms with E-state index in [9.17, 15) is 9.59 Å². The number of allylic oxidation sites excluding steroid dienone is 1. The van der Waals surface area contributed by atoms with Gasteiger partial charge in [0.15, 0.2) is 0 Å². The van der Waals surface area contributed by atoms with E-state index in [4.69, 9.17) is 5.26 Å². The van der Waals surface area contributed by atoms with Gasteiger partial charge in [0.2, 0.25) is 0 Å². The van der Waals surface area contributed by atoms with Crippen LogP contribution in [-0.2, 0) is 9.59 Å². The highest BCUT2D eigenvalue weighted by atomic mass is 16.2. The van der Waals surface area contributed by atoms with Gasteiger partial charge in [0.25, 0.3) is 11.8 Å². The maximum absolute atomic E-state index is 10.8. The van der Waals surface area contributed by atoms with Crippen molar-refractivity contribution in [3.63, 3.8) is 0 Å². The average molecular weight is 148 g/mol. The van der Waals surface area contributed by atoms with Gasteiger partial charge in [-0.05, 0) is 0 Å². The van der Waals surface area contributed by atoms with Crippen molar-refractivity contribution < 1.29 is 9.59 Å². The zero-order valence-electron chi connectivity index (χ0n) is 5.57. The Labute approximate surface area is 63.0 Å². The van der Waals surface area contributed by atoms with Crippen molar-refractivity contribution in [3.05, 3.63) is 24.4 Å². The quantitative estimate of drug-likeness (QED) is 0.387. The summed E-state index contributed by atoms with van der Waals surface area (Å²) in [7, 11) is 0. The highest BCUT2D eigenvalue weighted by Crippen LogP contribution is 2.09. The van der Waals surface area contributed by atoms with Crippen LogP contribution >= 0.6 is 0 Å². The Bertz CT molecular complexity index is 291. The molecular weight excluding hydrogens is 144 g/mol. The summed E-state index contributed by atoms with van der Waals surface area (Å²) in [5.74, 6) is -1.02. The van der Waals surface area contributed by atoms with Gasteiger partial charge in [-0.3, -0.25) is 9.59 Å². The van der Waals surface area contributed by atoms with Gasteiger partial charge in [0.1, 0.15) is 11.8 Å². The Morgan fingerprint density at radius 1 is 1.45 bits per heavy atom. The fourth-order valence-electron chi connectivity index (χ4n) is 0.716. The second-order valence-corrected chi connectivity index (χ2v) is 1.90. The molecule has 0 unspecified atom stereocenters. The lowest BCUT2D eigenvalue weighted by molar-refractivity contribution is -0.134. The first-order valence-electron chi connectivity index (χ1n) is 2.82. The smallest absolute Gasteiger partial charge is 0.258 e. The average Bonchev–Trinajstić information content (AvgIpc) is 2.30. The molecule has 0 N–H and O–H groups in total. The molecule has 0 radical (unpaired) electrons. The molecule has 0 atom stereocenters. The van der Waals surface area contributed by atoms with Crippen molar-refractivity contribution in [1.29, 1.82) is 5.26 Å². The normalized spacial score (nSPS) is 15.4. The van der Waals surface area contributed by atoms with Crippen LogP contribution in [0.5, 0.6) is 0 Å². The van der Waals surface area contributed by atoms with E-state index >= 15 is 0 Å². The summed E-state index contributed by atoms with van der Waals surface area (Å²) in [6, 6.07) is 1.62. The van der Waals surface area contributed by atoms with Gasteiger partial charge >= 0.3 is 0 Å². The first kappa shape index (κ1) is 7.22. The van der Waals surface area contributed by atoms with Crippen LogP contribution in [0.2, 0.25) is 0 Å². The molecule has 0 bridgehead atoms. The van der Waals surface area contributed by atoms with Crippen LogP contribution < -0.4 is 0 Å². The molecule has 1 aliphatic heterocycles. The van der Waals surface area contributed by atoms with Crippen LogP contribution in [0.3, 0.4) is 0 Å². The van der Waals surface area contributed by atoms with Crippen LogP contribution in [0.15, 0.2) is 24.4 Å². The molecule has 0 aliphatic carbocycles. The minimum atomic E-state index is -0.512. The summed E-state index contributed by atoms with van der Waals surface area (Å²) in [6.07, 6.45) is 2.20. The number of carbonyl (C=O) groups excluding carboxylic acids is 2. The molecule has 4 nitrogen and oxygen atoms in total. The topological polar surface area (TPSA) is 61.2 Å². The van der Waals surface area contributed by atoms with E-state index in [1.165, 1.54) is 0 Å². The number of hydrogen-bond acceptors (Lipinski definition) is 3. The number of amides is 2. The van der Waals surface area contributed by atoms with Crippen molar-refractivity contribution in [2.45, 2.75) is 0 Å². The Balaban J connectivity index is 2.93. The van der Waals surface area contributed by atoms with E-state index in [1.807, 2.05) is 0 Å². The second-order valence-electron chi connectivity index (χ2n) is 1.90. The molecular formula is C7H4N2O2. The monoisotopic (exact) mass is 148 g/mol. The maximum atomic E-state index is 10.8. The van der Waals surface area contributed by atoms with Gasteiger partial charge < -0.3 is 0 Å². The summed E-state index contributed by atoms with van der Waals surface area (Å²) in [5, 5.41) is 8.31. The maximum Gasteiger partial charge on any atom is 0.258 e. The fraction of sp³-hybridized carbons (Fsp3) is 0. The van der Waals surface area contributed by atoms with Crippen LogP contribution in [0.4, 0.5) is 0 Å². The predicted molar refractivity (Wildman–Crippen MR) is 35.7 cm³/mol. The zero-order valence-corrected chi connectivity index (χ0v) is 5.57. The predicted octanol–water partition coefficient (Wildman–Crippen LogP) is -0.0513. The third-order valence-electron chi connectivity index (χ3n) is 1.21. The molecule has 0 saturated heterocycles. The number of hydrogen-bond donors (Lipinski definition) is 0. The molecule has 0 fully saturated rings. The zero-order chi connectivity index (χ0) is 8.43. The van der Waals surface area contributed by atoms with E-state index in [1.54, 1.807) is 6.07 Å². The first-order valence-corrected chi connectivity index (χ1v) is 2.82. The van der Waals surface area contributed by atoms with Gasteiger partial charge in [-0.15, -0.1) is 0 Å². The fourth-order valence-corrected chi connectivity index (χ4v) is 0.716. The number of rotatable bonds is 1. The summed E-state index contributed by atoms with van der Waals surface area (Å²) in [4.78, 5) is 22.3. The third-order valence-corrected chi connectivity index (χ3v) is 1.21. The standard InChI is InChI=1S/C7H4N2O2/c1-5(4-8)9-6(10)2-3-7(9)11/h2-3H,1H2. The highest BCUT2D eigenvalue weighted by Gasteiger charge is 2.25. The van der Waals surface area contributed by atoms with Gasteiger partial charge in [0, 0.05) is 12.2 Å². The summed E-state index contributed by atoms with van der Waals surface area (Å²) >= 11 is 0. The third kappa shape index (κ3) is 1.03. The highest BCUT2D eigenvalue weighted by molar-refractivity contribution is 6.14. The van der Waals surface area contributed by atoms with E-state index in [0.717, 1.165) is 17.1 Å². The molecule has 4 heteroatoms. The number of nitriles is 1. The molecule has 0 aromatic heterocycles. The van der Waals surface area contributed by atoms with Crippen molar-refractivity contribution in [2.75, 3.05) is 0 Å². The molecule has 0 aromatic carbocycles. The van der Waals surface area contributed by atoms with Crippen LogP contribution in [0.25, 0.3) is 0 Å². The van der Waals surface area contributed by atoms with E-state index < -0.39 is 11.8 Å². The SMILES string of the molecule is C=C(C#N)N1C(=O)C=CC1=O. The number of carbonyl (C=O) groups is 2. The molecule has 54 valence electrons. The first-order chi connectivity index (χ1) is 5.16. The molecule has 0 aromatic rings. The van der Waals surface area contributed by atoms with Gasteiger partial charge in [-0.2, -0.15) is 5.26 Å². The molecule has 11 heavy (non-hydrogen) atoms. The lowest BCUT2D eigenvalue weighted by Crippen LogP contribution is -2.27. The number of imide groups is 1. The second kappa shape index (κ2) is 2.39. The summed E-state index contributed by atoms with van der Waals surface area (Å²) in [5.41, 5.74) is -0.148. The Morgan fingerprint density at radius 2 is 1.91 bits per heavy atom. The van der Waals surface area contributed by atoms with E-state index in [2.05, 4.69) is 6.58 Å².